The lowest BCUT2D eigenvalue weighted by atomic mass is 10.1. The first kappa shape index (κ1) is 13.6. The Morgan fingerprint density at radius 3 is 2.53 bits per heavy atom. The quantitative estimate of drug-likeness (QED) is 0.866. The van der Waals surface area contributed by atoms with Crippen LogP contribution < -0.4 is 10.1 Å². The molecule has 102 valence electrons. The molecule has 1 unspecified atom stereocenters. The van der Waals surface area contributed by atoms with Crippen LogP contribution in [0.1, 0.15) is 25.5 Å². The number of imidazole rings is 1. The van der Waals surface area contributed by atoms with Gasteiger partial charge in [-0.2, -0.15) is 0 Å². The third kappa shape index (κ3) is 3.83. The van der Waals surface area contributed by atoms with Crippen molar-refractivity contribution in [1.82, 2.24) is 14.9 Å². The molecule has 1 aromatic heterocycles. The van der Waals surface area contributed by atoms with Crippen molar-refractivity contribution < 1.29 is 4.74 Å². The molecule has 19 heavy (non-hydrogen) atoms. The van der Waals surface area contributed by atoms with Gasteiger partial charge in [-0.1, -0.05) is 12.1 Å². The minimum absolute atomic E-state index is 0.205. The molecular weight excluding hydrogens is 238 g/mol. The van der Waals surface area contributed by atoms with Crippen LogP contribution in [-0.2, 0) is 6.54 Å². The van der Waals surface area contributed by atoms with Crippen LogP contribution in [-0.4, -0.2) is 22.7 Å². The Labute approximate surface area is 114 Å². The van der Waals surface area contributed by atoms with Crippen LogP contribution in [0.25, 0.3) is 0 Å². The number of likely N-dealkylation sites (N-methyl/N-ethyl adjacent to an activating group) is 1. The fourth-order valence-electron chi connectivity index (χ4n) is 2.02. The molecule has 0 saturated heterocycles. The number of ether oxygens (including phenoxy) is 1. The fraction of sp³-hybridized carbons (Fsp3) is 0.400. The van der Waals surface area contributed by atoms with Gasteiger partial charge in [0.2, 0.25) is 0 Å². The smallest absolute Gasteiger partial charge is 0.119 e. The highest BCUT2D eigenvalue weighted by molar-refractivity contribution is 5.29. The summed E-state index contributed by atoms with van der Waals surface area (Å²) in [4.78, 5) is 4.07. The number of hydrogen-bond donors (Lipinski definition) is 1. The van der Waals surface area contributed by atoms with Gasteiger partial charge in [0.1, 0.15) is 5.75 Å². The van der Waals surface area contributed by atoms with Crippen molar-refractivity contribution >= 4 is 0 Å². The van der Waals surface area contributed by atoms with Crippen molar-refractivity contribution in [2.45, 2.75) is 32.5 Å². The van der Waals surface area contributed by atoms with Gasteiger partial charge in [0.25, 0.3) is 0 Å². The average Bonchev–Trinajstić information content (AvgIpc) is 2.89. The van der Waals surface area contributed by atoms with Crippen molar-refractivity contribution in [2.24, 2.45) is 0 Å². The van der Waals surface area contributed by atoms with Gasteiger partial charge in [-0.15, -0.1) is 0 Å². The van der Waals surface area contributed by atoms with Crippen LogP contribution in [0.3, 0.4) is 0 Å². The van der Waals surface area contributed by atoms with E-state index in [1.165, 1.54) is 5.56 Å². The van der Waals surface area contributed by atoms with Gasteiger partial charge in [0, 0.05) is 25.0 Å². The Hall–Kier alpha value is -1.81. The molecule has 1 N–H and O–H groups in total. The third-order valence-corrected chi connectivity index (χ3v) is 2.96. The van der Waals surface area contributed by atoms with E-state index in [1.807, 2.05) is 45.6 Å². The summed E-state index contributed by atoms with van der Waals surface area (Å²) in [6.07, 6.45) is 5.81. The molecule has 1 aromatic carbocycles. The first-order valence-electron chi connectivity index (χ1n) is 6.58. The number of nitrogens with one attached hydrogen (secondary N) is 1. The van der Waals surface area contributed by atoms with E-state index >= 15 is 0 Å². The van der Waals surface area contributed by atoms with Crippen molar-refractivity contribution in [2.75, 3.05) is 7.05 Å². The molecule has 0 bridgehead atoms. The molecule has 2 aromatic rings. The predicted octanol–water partition coefficient (Wildman–Crippen LogP) is 2.63. The lowest BCUT2D eigenvalue weighted by Gasteiger charge is -2.18. The topological polar surface area (TPSA) is 39.1 Å². The molecule has 0 radical (unpaired) electrons. The molecular formula is C15H21N3O. The molecule has 4 nitrogen and oxygen atoms in total. The van der Waals surface area contributed by atoms with E-state index in [4.69, 9.17) is 4.74 Å². The maximum absolute atomic E-state index is 5.65. The zero-order chi connectivity index (χ0) is 13.7. The standard InChI is InChI=1S/C15H21N3O/c1-12(2)19-14-6-4-13(5-7-14)15(16-3)10-18-9-8-17-11-18/h4-9,11-12,15-16H,10H2,1-3H3. The van der Waals surface area contributed by atoms with Gasteiger partial charge < -0.3 is 14.6 Å². The molecule has 1 heterocycles. The highest BCUT2D eigenvalue weighted by Crippen LogP contribution is 2.19. The number of hydrogen-bond acceptors (Lipinski definition) is 3. The summed E-state index contributed by atoms with van der Waals surface area (Å²) in [5.74, 6) is 0.913. The Balaban J connectivity index is 2.06. The van der Waals surface area contributed by atoms with E-state index in [-0.39, 0.29) is 12.1 Å². The van der Waals surface area contributed by atoms with Gasteiger partial charge in [-0.25, -0.2) is 4.98 Å². The summed E-state index contributed by atoms with van der Waals surface area (Å²) in [5, 5.41) is 3.33. The van der Waals surface area contributed by atoms with Crippen molar-refractivity contribution in [3.63, 3.8) is 0 Å². The second-order valence-electron chi connectivity index (χ2n) is 4.84. The maximum Gasteiger partial charge on any atom is 0.119 e. The predicted molar refractivity (Wildman–Crippen MR) is 76.2 cm³/mol. The highest BCUT2D eigenvalue weighted by Gasteiger charge is 2.10. The molecule has 4 heteroatoms. The van der Waals surface area contributed by atoms with Crippen LogP contribution in [0, 0.1) is 0 Å². The van der Waals surface area contributed by atoms with Gasteiger partial charge in [-0.3, -0.25) is 0 Å². The Morgan fingerprint density at radius 2 is 2.00 bits per heavy atom. The van der Waals surface area contributed by atoms with E-state index in [0.29, 0.717) is 0 Å². The zero-order valence-corrected chi connectivity index (χ0v) is 11.7. The first-order chi connectivity index (χ1) is 9.19. The van der Waals surface area contributed by atoms with Crippen LogP contribution >= 0.6 is 0 Å². The minimum Gasteiger partial charge on any atom is -0.491 e. The van der Waals surface area contributed by atoms with Crippen LogP contribution in [0.4, 0.5) is 0 Å². The van der Waals surface area contributed by atoms with Gasteiger partial charge in [0.05, 0.1) is 12.4 Å². The number of nitrogens with zero attached hydrogens (tertiary/aromatic N) is 2. The summed E-state index contributed by atoms with van der Waals surface area (Å²) in [6, 6.07) is 8.52. The molecule has 0 amide bonds. The number of benzene rings is 1. The van der Waals surface area contributed by atoms with Crippen LogP contribution in [0.2, 0.25) is 0 Å². The maximum atomic E-state index is 5.65. The minimum atomic E-state index is 0.205. The van der Waals surface area contributed by atoms with E-state index < -0.39 is 0 Å². The second kappa shape index (κ2) is 6.38. The summed E-state index contributed by atoms with van der Waals surface area (Å²) in [6.45, 7) is 4.92. The largest absolute Gasteiger partial charge is 0.491 e. The van der Waals surface area contributed by atoms with Crippen molar-refractivity contribution in [1.29, 1.82) is 0 Å². The van der Waals surface area contributed by atoms with Gasteiger partial charge in [0.15, 0.2) is 0 Å². The summed E-state index contributed by atoms with van der Waals surface area (Å²) < 4.78 is 7.72. The molecule has 0 spiro atoms. The SMILES string of the molecule is CNC(Cn1ccnc1)c1ccc(OC(C)C)cc1. The van der Waals surface area contributed by atoms with Gasteiger partial charge >= 0.3 is 0 Å². The van der Waals surface area contributed by atoms with Crippen molar-refractivity contribution in [3.8, 4) is 5.75 Å². The van der Waals surface area contributed by atoms with E-state index in [2.05, 4.69) is 27.0 Å². The molecule has 0 fully saturated rings. The zero-order valence-electron chi connectivity index (χ0n) is 11.7. The fourth-order valence-corrected chi connectivity index (χ4v) is 2.02. The molecule has 0 aliphatic rings. The van der Waals surface area contributed by atoms with E-state index in [1.54, 1.807) is 6.20 Å². The Morgan fingerprint density at radius 1 is 1.26 bits per heavy atom. The average molecular weight is 259 g/mol. The van der Waals surface area contributed by atoms with Gasteiger partial charge in [-0.05, 0) is 38.6 Å². The summed E-state index contributed by atoms with van der Waals surface area (Å²) in [7, 11) is 1.97. The summed E-state index contributed by atoms with van der Waals surface area (Å²) in [5.41, 5.74) is 1.24. The number of rotatable bonds is 6. The Kier molecular flexibility index (Phi) is 4.58. The molecule has 0 aliphatic heterocycles. The monoisotopic (exact) mass is 259 g/mol. The van der Waals surface area contributed by atoms with E-state index in [0.717, 1.165) is 12.3 Å². The number of aromatic nitrogens is 2. The molecule has 0 saturated carbocycles. The second-order valence-corrected chi connectivity index (χ2v) is 4.84. The molecule has 0 aliphatic carbocycles. The lowest BCUT2D eigenvalue weighted by molar-refractivity contribution is 0.242. The third-order valence-electron chi connectivity index (χ3n) is 2.96. The normalized spacial score (nSPS) is 12.6. The van der Waals surface area contributed by atoms with Crippen LogP contribution in [0.5, 0.6) is 5.75 Å². The summed E-state index contributed by atoms with van der Waals surface area (Å²) >= 11 is 0. The van der Waals surface area contributed by atoms with Crippen LogP contribution in [0.15, 0.2) is 43.0 Å². The lowest BCUT2D eigenvalue weighted by Crippen LogP contribution is -2.21. The Bertz CT molecular complexity index is 477. The molecule has 2 rings (SSSR count). The van der Waals surface area contributed by atoms with E-state index in [9.17, 15) is 0 Å². The first-order valence-corrected chi connectivity index (χ1v) is 6.58. The van der Waals surface area contributed by atoms with Crippen molar-refractivity contribution in [3.05, 3.63) is 48.5 Å². The molecule has 1 atom stereocenters. The highest BCUT2D eigenvalue weighted by atomic mass is 16.5.